The third-order valence-electron chi connectivity index (χ3n) is 4.26. The summed E-state index contributed by atoms with van der Waals surface area (Å²) < 4.78 is 33.1. The Morgan fingerprint density at radius 3 is 2.48 bits per heavy atom. The Labute approximate surface area is 170 Å². The van der Waals surface area contributed by atoms with Gasteiger partial charge in [0.2, 0.25) is 0 Å². The molecule has 3 aromatic carbocycles. The number of carbonyl (C=O) groups excluding carboxylic acids is 1. The first-order valence-electron chi connectivity index (χ1n) is 8.98. The predicted octanol–water partition coefficient (Wildman–Crippen LogP) is 3.73. The van der Waals surface area contributed by atoms with Crippen molar-refractivity contribution < 1.29 is 17.9 Å². The van der Waals surface area contributed by atoms with E-state index in [-0.39, 0.29) is 16.4 Å². The molecule has 0 aromatic heterocycles. The smallest absolute Gasteiger partial charge is 0.261 e. The van der Waals surface area contributed by atoms with Gasteiger partial charge in [-0.25, -0.2) is 8.42 Å². The van der Waals surface area contributed by atoms with Crippen LogP contribution in [0.25, 0.3) is 0 Å². The fourth-order valence-electron chi connectivity index (χ4n) is 2.79. The van der Waals surface area contributed by atoms with Crippen LogP contribution in [0.1, 0.15) is 21.5 Å². The SMILES string of the molecule is COc1cccc(CNC(=O)c2cccc(S(=O)(=O)Nc3cccc(C)c3)c2)c1. The average Bonchev–Trinajstić information content (AvgIpc) is 2.72. The first-order valence-corrected chi connectivity index (χ1v) is 10.5. The minimum Gasteiger partial charge on any atom is -0.497 e. The zero-order valence-electron chi connectivity index (χ0n) is 16.2. The van der Waals surface area contributed by atoms with Crippen molar-refractivity contribution in [2.45, 2.75) is 18.4 Å². The Balaban J connectivity index is 1.73. The highest BCUT2D eigenvalue weighted by molar-refractivity contribution is 7.92. The van der Waals surface area contributed by atoms with Crippen LogP contribution in [0.15, 0.2) is 77.7 Å². The van der Waals surface area contributed by atoms with Gasteiger partial charge in [-0.15, -0.1) is 0 Å². The molecule has 0 fully saturated rings. The van der Waals surface area contributed by atoms with Gasteiger partial charge in [0.25, 0.3) is 15.9 Å². The molecular formula is C22H22N2O4S. The Morgan fingerprint density at radius 2 is 1.72 bits per heavy atom. The summed E-state index contributed by atoms with van der Waals surface area (Å²) in [5, 5.41) is 2.79. The van der Waals surface area contributed by atoms with Crippen molar-refractivity contribution in [3.05, 3.63) is 89.5 Å². The molecular weight excluding hydrogens is 388 g/mol. The number of hydrogen-bond acceptors (Lipinski definition) is 4. The number of hydrogen-bond donors (Lipinski definition) is 2. The molecule has 1 amide bonds. The van der Waals surface area contributed by atoms with E-state index in [1.165, 1.54) is 12.1 Å². The minimum atomic E-state index is -3.81. The topological polar surface area (TPSA) is 84.5 Å². The van der Waals surface area contributed by atoms with Gasteiger partial charge in [-0.2, -0.15) is 0 Å². The lowest BCUT2D eigenvalue weighted by molar-refractivity contribution is 0.0950. The van der Waals surface area contributed by atoms with Crippen molar-refractivity contribution in [3.63, 3.8) is 0 Å². The number of amides is 1. The van der Waals surface area contributed by atoms with Gasteiger partial charge in [-0.3, -0.25) is 9.52 Å². The largest absolute Gasteiger partial charge is 0.497 e. The minimum absolute atomic E-state index is 0.0213. The molecule has 0 aliphatic carbocycles. The van der Waals surface area contributed by atoms with E-state index in [1.54, 1.807) is 37.4 Å². The number of nitrogens with one attached hydrogen (secondary N) is 2. The van der Waals surface area contributed by atoms with Gasteiger partial charge < -0.3 is 10.1 Å². The van der Waals surface area contributed by atoms with E-state index in [4.69, 9.17) is 4.74 Å². The maximum atomic E-state index is 12.7. The summed E-state index contributed by atoms with van der Waals surface area (Å²) >= 11 is 0. The lowest BCUT2D eigenvalue weighted by Crippen LogP contribution is -2.23. The monoisotopic (exact) mass is 410 g/mol. The lowest BCUT2D eigenvalue weighted by atomic mass is 10.2. The van der Waals surface area contributed by atoms with Gasteiger partial charge >= 0.3 is 0 Å². The van der Waals surface area contributed by atoms with Gasteiger partial charge in [0, 0.05) is 17.8 Å². The number of benzene rings is 3. The maximum Gasteiger partial charge on any atom is 0.261 e. The van der Waals surface area contributed by atoms with Crippen LogP contribution < -0.4 is 14.8 Å². The van der Waals surface area contributed by atoms with E-state index >= 15 is 0 Å². The number of carbonyl (C=O) groups is 1. The fraction of sp³-hybridized carbons (Fsp3) is 0.136. The van der Waals surface area contributed by atoms with Crippen molar-refractivity contribution in [2.24, 2.45) is 0 Å². The number of anilines is 1. The molecule has 0 saturated carbocycles. The normalized spacial score (nSPS) is 11.0. The highest BCUT2D eigenvalue weighted by Gasteiger charge is 2.16. The number of ether oxygens (including phenoxy) is 1. The fourth-order valence-corrected chi connectivity index (χ4v) is 3.89. The standard InChI is InChI=1S/C22H22N2O4S/c1-16-6-3-9-19(12-16)24-29(26,27)21-11-5-8-18(14-21)22(25)23-15-17-7-4-10-20(13-17)28-2/h3-14,24H,15H2,1-2H3,(H,23,25). The second-order valence-corrected chi connectivity index (χ2v) is 8.22. The number of sulfonamides is 1. The van der Waals surface area contributed by atoms with Crippen LogP contribution in [0, 0.1) is 6.92 Å². The average molecular weight is 410 g/mol. The first kappa shape index (κ1) is 20.4. The molecule has 7 heteroatoms. The Morgan fingerprint density at radius 1 is 0.966 bits per heavy atom. The van der Waals surface area contributed by atoms with E-state index in [1.807, 2.05) is 37.3 Å². The third-order valence-corrected chi connectivity index (χ3v) is 5.64. The number of aryl methyl sites for hydroxylation is 1. The van der Waals surface area contributed by atoms with Gasteiger partial charge in [-0.1, -0.05) is 30.3 Å². The van der Waals surface area contributed by atoms with Gasteiger partial charge in [0.15, 0.2) is 0 Å². The van der Waals surface area contributed by atoms with E-state index in [9.17, 15) is 13.2 Å². The molecule has 0 aliphatic rings. The van der Waals surface area contributed by atoms with Crippen molar-refractivity contribution >= 4 is 21.6 Å². The van der Waals surface area contributed by atoms with Crippen molar-refractivity contribution in [3.8, 4) is 5.75 Å². The molecule has 0 bridgehead atoms. The van der Waals surface area contributed by atoms with Crippen LogP contribution in [0.5, 0.6) is 5.75 Å². The van der Waals surface area contributed by atoms with Crippen LogP contribution in [-0.4, -0.2) is 21.4 Å². The predicted molar refractivity (Wildman–Crippen MR) is 113 cm³/mol. The van der Waals surface area contributed by atoms with Crippen LogP contribution in [-0.2, 0) is 16.6 Å². The van der Waals surface area contributed by atoms with Gasteiger partial charge in [0.05, 0.1) is 12.0 Å². The van der Waals surface area contributed by atoms with Crippen molar-refractivity contribution in [1.29, 1.82) is 0 Å². The molecule has 150 valence electrons. The van der Waals surface area contributed by atoms with Crippen molar-refractivity contribution in [1.82, 2.24) is 5.32 Å². The Kier molecular flexibility index (Phi) is 6.19. The van der Waals surface area contributed by atoms with Crippen molar-refractivity contribution in [2.75, 3.05) is 11.8 Å². The second kappa shape index (κ2) is 8.79. The molecule has 0 radical (unpaired) electrons. The lowest BCUT2D eigenvalue weighted by Gasteiger charge is -2.11. The third kappa shape index (κ3) is 5.36. The number of rotatable bonds is 7. The molecule has 2 N–H and O–H groups in total. The van der Waals surface area contributed by atoms with E-state index < -0.39 is 10.0 Å². The van der Waals surface area contributed by atoms with E-state index in [0.717, 1.165) is 11.1 Å². The van der Waals surface area contributed by atoms with E-state index in [0.29, 0.717) is 18.0 Å². The van der Waals surface area contributed by atoms with E-state index in [2.05, 4.69) is 10.0 Å². The van der Waals surface area contributed by atoms with Crippen LogP contribution in [0.3, 0.4) is 0 Å². The summed E-state index contributed by atoms with van der Waals surface area (Å²) in [4.78, 5) is 12.5. The maximum absolute atomic E-state index is 12.7. The first-order chi connectivity index (χ1) is 13.9. The van der Waals surface area contributed by atoms with Crippen LogP contribution >= 0.6 is 0 Å². The molecule has 0 spiro atoms. The quantitative estimate of drug-likeness (QED) is 0.622. The summed E-state index contributed by atoms with van der Waals surface area (Å²) in [7, 11) is -2.23. The van der Waals surface area contributed by atoms with Gasteiger partial charge in [-0.05, 0) is 60.5 Å². The summed E-state index contributed by atoms with van der Waals surface area (Å²) in [5.74, 6) is 0.340. The summed E-state index contributed by atoms with van der Waals surface area (Å²) in [5.41, 5.74) is 2.55. The molecule has 0 atom stereocenters. The molecule has 3 aromatic rings. The summed E-state index contributed by atoms with van der Waals surface area (Å²) in [6, 6.07) is 20.4. The summed E-state index contributed by atoms with van der Waals surface area (Å²) in [6.45, 7) is 2.18. The molecule has 6 nitrogen and oxygen atoms in total. The Hall–Kier alpha value is -3.32. The summed E-state index contributed by atoms with van der Waals surface area (Å²) in [6.07, 6.45) is 0. The molecule has 0 heterocycles. The molecule has 0 aliphatic heterocycles. The highest BCUT2D eigenvalue weighted by Crippen LogP contribution is 2.18. The molecule has 0 saturated heterocycles. The highest BCUT2D eigenvalue weighted by atomic mass is 32.2. The molecule has 29 heavy (non-hydrogen) atoms. The zero-order valence-corrected chi connectivity index (χ0v) is 17.0. The van der Waals surface area contributed by atoms with Crippen LogP contribution in [0.2, 0.25) is 0 Å². The van der Waals surface area contributed by atoms with Crippen LogP contribution in [0.4, 0.5) is 5.69 Å². The molecule has 3 rings (SSSR count). The van der Waals surface area contributed by atoms with Gasteiger partial charge in [0.1, 0.15) is 5.75 Å². The molecule has 0 unspecified atom stereocenters. The zero-order chi connectivity index (χ0) is 20.9. The second-order valence-electron chi connectivity index (χ2n) is 6.54. The Bertz CT molecular complexity index is 1130. The number of methoxy groups -OCH3 is 1.